The van der Waals surface area contributed by atoms with Crippen LogP contribution in [0.3, 0.4) is 0 Å². The first-order chi connectivity index (χ1) is 11.7. The maximum absolute atomic E-state index is 11.2. The Hall–Kier alpha value is -3.37. The van der Waals surface area contributed by atoms with E-state index in [2.05, 4.69) is 21.4 Å². The molecule has 0 fully saturated rings. The van der Waals surface area contributed by atoms with Gasteiger partial charge in [0.25, 0.3) is 0 Å². The van der Waals surface area contributed by atoms with Gasteiger partial charge in [-0.3, -0.25) is 0 Å². The average Bonchev–Trinajstić information content (AvgIpc) is 3.21. The number of benzene rings is 1. The number of rotatable bonds is 3. The van der Waals surface area contributed by atoms with Gasteiger partial charge in [-0.15, -0.1) is 11.3 Å². The summed E-state index contributed by atoms with van der Waals surface area (Å²) in [6.45, 7) is 0. The molecule has 0 amide bonds. The zero-order chi connectivity index (χ0) is 16.7. The predicted molar refractivity (Wildman–Crippen MR) is 92.9 cm³/mol. The van der Waals surface area contributed by atoms with Gasteiger partial charge in [0.15, 0.2) is 0 Å². The lowest BCUT2D eigenvalue weighted by atomic mass is 10.1. The Morgan fingerprint density at radius 2 is 2.21 bits per heavy atom. The highest BCUT2D eigenvalue weighted by Crippen LogP contribution is 2.34. The number of hydrogen-bond acceptors (Lipinski definition) is 5. The minimum atomic E-state index is -1.00. The van der Waals surface area contributed by atoms with E-state index in [0.29, 0.717) is 21.5 Å². The molecule has 3 aromatic heterocycles. The molecule has 0 radical (unpaired) electrons. The minimum absolute atomic E-state index is 0.191. The average molecular weight is 334 g/mol. The number of H-pyrrole nitrogens is 1. The first-order valence-corrected chi connectivity index (χ1v) is 7.87. The number of fused-ring (bicyclic) bond motifs is 2. The molecular formula is C17H10N4O2S. The number of aromatic amines is 1. The number of aromatic nitrogens is 2. The minimum Gasteiger partial charge on any atom is -0.477 e. The number of carboxylic acids is 1. The first-order valence-electron chi connectivity index (χ1n) is 7.06. The molecule has 6 nitrogen and oxygen atoms in total. The van der Waals surface area contributed by atoms with Gasteiger partial charge in [0.05, 0.1) is 11.3 Å². The Morgan fingerprint density at radius 1 is 1.33 bits per heavy atom. The molecule has 0 saturated heterocycles. The monoisotopic (exact) mass is 334 g/mol. The van der Waals surface area contributed by atoms with Crippen molar-refractivity contribution in [2.24, 2.45) is 0 Å². The van der Waals surface area contributed by atoms with Gasteiger partial charge in [-0.1, -0.05) is 0 Å². The van der Waals surface area contributed by atoms with Gasteiger partial charge in [-0.25, -0.2) is 9.78 Å². The largest absolute Gasteiger partial charge is 0.477 e. The quantitative estimate of drug-likeness (QED) is 0.524. The smallest absolute Gasteiger partial charge is 0.345 e. The summed E-state index contributed by atoms with van der Waals surface area (Å²) in [5.74, 6) is -1.00. The van der Waals surface area contributed by atoms with E-state index in [4.69, 9.17) is 0 Å². The second-order valence-electron chi connectivity index (χ2n) is 5.20. The molecule has 0 bridgehead atoms. The van der Waals surface area contributed by atoms with Crippen molar-refractivity contribution in [3.05, 3.63) is 53.2 Å². The summed E-state index contributed by atoms with van der Waals surface area (Å²) in [7, 11) is 0. The summed E-state index contributed by atoms with van der Waals surface area (Å²) in [5.41, 5.74) is 2.77. The summed E-state index contributed by atoms with van der Waals surface area (Å²) in [4.78, 5) is 19.3. The molecule has 0 aliphatic carbocycles. The number of anilines is 2. The highest BCUT2D eigenvalue weighted by atomic mass is 32.1. The van der Waals surface area contributed by atoms with Crippen LogP contribution in [0.4, 0.5) is 11.4 Å². The Balaban J connectivity index is 1.87. The number of pyridine rings is 1. The van der Waals surface area contributed by atoms with Gasteiger partial charge < -0.3 is 15.4 Å². The van der Waals surface area contributed by atoms with E-state index < -0.39 is 5.97 Å². The highest BCUT2D eigenvalue weighted by molar-refractivity contribution is 7.20. The van der Waals surface area contributed by atoms with E-state index in [0.717, 1.165) is 27.9 Å². The van der Waals surface area contributed by atoms with Crippen LogP contribution in [0.5, 0.6) is 0 Å². The standard InChI is InChI=1S/C17H10N4O2S/c18-7-10-8-20-16-12(6-14(24-16)17(22)23)15(10)21-11-1-2-13-9(5-11)3-4-19-13/h1-6,8,19H,(H,20,21)(H,22,23). The second kappa shape index (κ2) is 5.37. The fourth-order valence-electron chi connectivity index (χ4n) is 2.59. The van der Waals surface area contributed by atoms with Crippen LogP contribution in [0.15, 0.2) is 42.7 Å². The molecule has 0 atom stereocenters. The van der Waals surface area contributed by atoms with Crippen molar-refractivity contribution in [1.82, 2.24) is 9.97 Å². The van der Waals surface area contributed by atoms with Crippen LogP contribution in [0.25, 0.3) is 21.1 Å². The molecule has 0 saturated carbocycles. The Labute approximate surface area is 140 Å². The molecular weight excluding hydrogens is 324 g/mol. The van der Waals surface area contributed by atoms with Crippen LogP contribution >= 0.6 is 11.3 Å². The first kappa shape index (κ1) is 14.2. The molecule has 24 heavy (non-hydrogen) atoms. The van der Waals surface area contributed by atoms with Gasteiger partial charge in [0, 0.05) is 34.4 Å². The number of hydrogen-bond donors (Lipinski definition) is 3. The number of carboxylic acid groups (broad SMARTS) is 1. The van der Waals surface area contributed by atoms with Crippen molar-refractivity contribution >= 4 is 49.8 Å². The van der Waals surface area contributed by atoms with Crippen molar-refractivity contribution < 1.29 is 9.90 Å². The van der Waals surface area contributed by atoms with Crippen molar-refractivity contribution in [2.45, 2.75) is 0 Å². The third kappa shape index (κ3) is 2.26. The molecule has 0 aliphatic rings. The second-order valence-corrected chi connectivity index (χ2v) is 6.23. The number of thiophene rings is 1. The zero-order valence-corrected chi connectivity index (χ0v) is 13.0. The lowest BCUT2D eigenvalue weighted by molar-refractivity contribution is 0.0702. The van der Waals surface area contributed by atoms with Crippen LogP contribution in [0.1, 0.15) is 15.2 Å². The van der Waals surface area contributed by atoms with E-state index in [1.54, 1.807) is 6.07 Å². The van der Waals surface area contributed by atoms with Gasteiger partial charge in [0.1, 0.15) is 15.8 Å². The van der Waals surface area contributed by atoms with Crippen LogP contribution in [-0.4, -0.2) is 21.0 Å². The molecule has 3 N–H and O–H groups in total. The zero-order valence-electron chi connectivity index (χ0n) is 12.2. The number of aromatic carboxylic acids is 1. The number of nitrogens with one attached hydrogen (secondary N) is 2. The fourth-order valence-corrected chi connectivity index (χ4v) is 3.44. The maximum atomic E-state index is 11.2. The Kier molecular flexibility index (Phi) is 3.18. The van der Waals surface area contributed by atoms with Crippen molar-refractivity contribution in [3.8, 4) is 6.07 Å². The summed E-state index contributed by atoms with van der Waals surface area (Å²) in [5, 5.41) is 23.5. The van der Waals surface area contributed by atoms with E-state index in [-0.39, 0.29) is 4.88 Å². The SMILES string of the molecule is N#Cc1cnc2sc(C(=O)O)cc2c1Nc1ccc2[nH]ccc2c1. The summed E-state index contributed by atoms with van der Waals surface area (Å²) >= 11 is 1.09. The fraction of sp³-hybridized carbons (Fsp3) is 0. The summed E-state index contributed by atoms with van der Waals surface area (Å²) in [6.07, 6.45) is 3.32. The molecule has 0 unspecified atom stereocenters. The van der Waals surface area contributed by atoms with Crippen LogP contribution in [0.2, 0.25) is 0 Å². The highest BCUT2D eigenvalue weighted by Gasteiger charge is 2.15. The number of nitrogens with zero attached hydrogens (tertiary/aromatic N) is 2. The molecule has 7 heteroatoms. The van der Waals surface area contributed by atoms with Crippen molar-refractivity contribution in [2.75, 3.05) is 5.32 Å². The number of carbonyl (C=O) groups is 1. The van der Waals surface area contributed by atoms with Gasteiger partial charge in [-0.2, -0.15) is 5.26 Å². The van der Waals surface area contributed by atoms with Gasteiger partial charge in [0.2, 0.25) is 0 Å². The maximum Gasteiger partial charge on any atom is 0.345 e. The lowest BCUT2D eigenvalue weighted by Crippen LogP contribution is -1.95. The molecule has 4 aromatic rings. The molecule has 4 rings (SSSR count). The summed E-state index contributed by atoms with van der Waals surface area (Å²) in [6, 6.07) is 11.4. The molecule has 116 valence electrons. The topological polar surface area (TPSA) is 102 Å². The third-order valence-electron chi connectivity index (χ3n) is 3.72. The lowest BCUT2D eigenvalue weighted by Gasteiger charge is -2.09. The van der Waals surface area contributed by atoms with Crippen LogP contribution in [0, 0.1) is 11.3 Å². The van der Waals surface area contributed by atoms with Crippen molar-refractivity contribution in [3.63, 3.8) is 0 Å². The van der Waals surface area contributed by atoms with E-state index in [1.165, 1.54) is 6.20 Å². The Bertz CT molecular complexity index is 1140. The Morgan fingerprint density at radius 3 is 3.00 bits per heavy atom. The summed E-state index contributed by atoms with van der Waals surface area (Å²) < 4.78 is 0. The molecule has 1 aromatic carbocycles. The van der Waals surface area contributed by atoms with E-state index in [9.17, 15) is 15.2 Å². The number of nitriles is 1. The van der Waals surface area contributed by atoms with E-state index >= 15 is 0 Å². The van der Waals surface area contributed by atoms with Gasteiger partial charge >= 0.3 is 5.97 Å². The van der Waals surface area contributed by atoms with Crippen molar-refractivity contribution in [1.29, 1.82) is 5.26 Å². The predicted octanol–water partition coefficient (Wildman–Crippen LogP) is 4.09. The normalized spacial score (nSPS) is 10.8. The van der Waals surface area contributed by atoms with Crippen LogP contribution < -0.4 is 5.32 Å². The third-order valence-corrected chi connectivity index (χ3v) is 4.75. The molecule has 3 heterocycles. The molecule has 0 aliphatic heterocycles. The van der Waals surface area contributed by atoms with Gasteiger partial charge in [-0.05, 0) is 30.3 Å². The molecule has 0 spiro atoms. The van der Waals surface area contributed by atoms with E-state index in [1.807, 2.05) is 30.5 Å². The van der Waals surface area contributed by atoms with Crippen LogP contribution in [-0.2, 0) is 0 Å².